The number of para-hydroxylation sites is 1. The topological polar surface area (TPSA) is 62.7 Å². The Morgan fingerprint density at radius 1 is 0.833 bits per heavy atom. The number of carbonyl (C=O) groups is 2. The highest BCUT2D eigenvalue weighted by Crippen LogP contribution is 2.47. The summed E-state index contributed by atoms with van der Waals surface area (Å²) in [6.45, 7) is 0. The Morgan fingerprint density at radius 2 is 1.50 bits per heavy atom. The van der Waals surface area contributed by atoms with Crippen molar-refractivity contribution in [3.8, 4) is 0 Å². The lowest BCUT2D eigenvalue weighted by molar-refractivity contribution is -0.126. The van der Waals surface area contributed by atoms with Crippen LogP contribution in [0.25, 0.3) is 0 Å². The number of hydroxylamine groups is 1. The fourth-order valence-electron chi connectivity index (χ4n) is 4.04. The summed E-state index contributed by atoms with van der Waals surface area (Å²) >= 11 is 12.2. The molecule has 150 valence electrons. The van der Waals surface area contributed by atoms with Crippen molar-refractivity contribution in [3.63, 3.8) is 0 Å². The minimum absolute atomic E-state index is 0.334. The number of hydrogen-bond acceptors (Lipinski definition) is 5. The van der Waals surface area contributed by atoms with Gasteiger partial charge in [0, 0.05) is 22.4 Å². The largest absolute Gasteiger partial charge is 0.273 e. The second-order valence-electron chi connectivity index (χ2n) is 7.08. The van der Waals surface area contributed by atoms with E-state index < -0.39 is 24.0 Å². The standard InChI is InChI=1S/C22H15Cl2N3O3/c23-14-10-15(24)12-17(11-14)26-21(28)18-19(13-6-8-25-9-7-13)27(30-20(18)22(26)29)16-4-2-1-3-5-16/h1-12,18-20H. The third-order valence-electron chi connectivity index (χ3n) is 5.28. The van der Waals surface area contributed by atoms with Gasteiger partial charge in [-0.1, -0.05) is 41.4 Å². The normalized spacial score (nSPS) is 23.2. The van der Waals surface area contributed by atoms with Crippen LogP contribution in [-0.4, -0.2) is 22.9 Å². The lowest BCUT2D eigenvalue weighted by atomic mass is 9.91. The van der Waals surface area contributed by atoms with Crippen molar-refractivity contribution >= 4 is 46.4 Å². The maximum Gasteiger partial charge on any atom is 0.266 e. The molecule has 3 atom stereocenters. The average molecular weight is 440 g/mol. The molecule has 2 aromatic carbocycles. The number of benzene rings is 2. The zero-order valence-corrected chi connectivity index (χ0v) is 17.0. The van der Waals surface area contributed by atoms with E-state index in [1.807, 2.05) is 42.5 Å². The van der Waals surface area contributed by atoms with Crippen molar-refractivity contribution in [1.29, 1.82) is 0 Å². The Hall–Kier alpha value is -2.93. The van der Waals surface area contributed by atoms with Crippen LogP contribution in [0.2, 0.25) is 10.0 Å². The van der Waals surface area contributed by atoms with Crippen molar-refractivity contribution in [1.82, 2.24) is 4.98 Å². The van der Waals surface area contributed by atoms with Crippen LogP contribution in [0.3, 0.4) is 0 Å². The fourth-order valence-corrected chi connectivity index (χ4v) is 4.55. The van der Waals surface area contributed by atoms with Gasteiger partial charge in [-0.25, -0.2) is 9.96 Å². The van der Waals surface area contributed by atoms with Crippen molar-refractivity contribution in [3.05, 3.63) is 88.7 Å². The molecule has 2 aliphatic rings. The average Bonchev–Trinajstić information content (AvgIpc) is 3.25. The van der Waals surface area contributed by atoms with Crippen LogP contribution in [0.15, 0.2) is 73.1 Å². The lowest BCUT2D eigenvalue weighted by Gasteiger charge is -2.28. The zero-order valence-electron chi connectivity index (χ0n) is 15.5. The molecule has 2 saturated heterocycles. The van der Waals surface area contributed by atoms with Crippen LogP contribution < -0.4 is 9.96 Å². The Kier molecular flexibility index (Phi) is 4.70. The second-order valence-corrected chi connectivity index (χ2v) is 7.95. The third-order valence-corrected chi connectivity index (χ3v) is 5.72. The molecular weight excluding hydrogens is 425 g/mol. The molecule has 0 saturated carbocycles. The number of carbonyl (C=O) groups excluding carboxylic acids is 2. The highest BCUT2D eigenvalue weighted by molar-refractivity contribution is 6.35. The third kappa shape index (κ3) is 3.04. The number of imide groups is 1. The molecule has 3 unspecified atom stereocenters. The minimum atomic E-state index is -0.950. The van der Waals surface area contributed by atoms with E-state index in [0.29, 0.717) is 15.7 Å². The van der Waals surface area contributed by atoms with Crippen LogP contribution in [0.1, 0.15) is 11.6 Å². The second kappa shape index (κ2) is 7.40. The first-order valence-electron chi connectivity index (χ1n) is 9.29. The number of fused-ring (bicyclic) bond motifs is 1. The number of anilines is 2. The smallest absolute Gasteiger partial charge is 0.266 e. The summed E-state index contributed by atoms with van der Waals surface area (Å²) in [7, 11) is 0. The first-order chi connectivity index (χ1) is 14.5. The van der Waals surface area contributed by atoms with E-state index in [2.05, 4.69) is 4.98 Å². The fraction of sp³-hybridized carbons (Fsp3) is 0.136. The van der Waals surface area contributed by atoms with Crippen molar-refractivity contribution in [2.45, 2.75) is 12.1 Å². The Balaban J connectivity index is 1.59. The summed E-state index contributed by atoms with van der Waals surface area (Å²) in [5, 5.41) is 2.32. The molecule has 0 spiro atoms. The van der Waals surface area contributed by atoms with Crippen LogP contribution in [-0.2, 0) is 14.4 Å². The number of rotatable bonds is 3. The first kappa shape index (κ1) is 19.1. The summed E-state index contributed by atoms with van der Waals surface area (Å²) in [5.41, 5.74) is 1.92. The van der Waals surface area contributed by atoms with Gasteiger partial charge in [-0.05, 0) is 48.0 Å². The molecule has 0 bridgehead atoms. The van der Waals surface area contributed by atoms with Crippen LogP contribution in [0.5, 0.6) is 0 Å². The number of pyridine rings is 1. The quantitative estimate of drug-likeness (QED) is 0.564. The van der Waals surface area contributed by atoms with Gasteiger partial charge in [0.2, 0.25) is 5.91 Å². The minimum Gasteiger partial charge on any atom is -0.273 e. The van der Waals surface area contributed by atoms with E-state index in [1.165, 1.54) is 0 Å². The highest BCUT2D eigenvalue weighted by Gasteiger charge is 2.60. The van der Waals surface area contributed by atoms with Crippen LogP contribution >= 0.6 is 23.2 Å². The van der Waals surface area contributed by atoms with Gasteiger partial charge in [0.05, 0.1) is 17.4 Å². The monoisotopic (exact) mass is 439 g/mol. The molecule has 2 fully saturated rings. The summed E-state index contributed by atoms with van der Waals surface area (Å²) in [5.74, 6) is -1.53. The van der Waals surface area contributed by atoms with Crippen molar-refractivity contribution in [2.75, 3.05) is 9.96 Å². The van der Waals surface area contributed by atoms with E-state index in [9.17, 15) is 9.59 Å². The zero-order chi connectivity index (χ0) is 20.8. The Labute approximate surface area is 182 Å². The molecule has 6 nitrogen and oxygen atoms in total. The lowest BCUT2D eigenvalue weighted by Crippen LogP contribution is -2.37. The van der Waals surface area contributed by atoms with E-state index in [4.69, 9.17) is 28.0 Å². The molecule has 0 aliphatic carbocycles. The van der Waals surface area contributed by atoms with Gasteiger partial charge in [-0.2, -0.15) is 0 Å². The molecule has 5 rings (SSSR count). The SMILES string of the molecule is O=C1C2ON(c3ccccc3)C(c3ccncc3)C2C(=O)N1c1cc(Cl)cc(Cl)c1. The van der Waals surface area contributed by atoms with E-state index in [1.54, 1.807) is 35.7 Å². The van der Waals surface area contributed by atoms with Crippen molar-refractivity contribution < 1.29 is 14.4 Å². The summed E-state index contributed by atoms with van der Waals surface area (Å²) < 4.78 is 0. The van der Waals surface area contributed by atoms with Crippen LogP contribution in [0, 0.1) is 5.92 Å². The molecule has 8 heteroatoms. The highest BCUT2D eigenvalue weighted by atomic mass is 35.5. The van der Waals surface area contributed by atoms with Gasteiger partial charge in [-0.15, -0.1) is 0 Å². The van der Waals surface area contributed by atoms with Gasteiger partial charge in [0.15, 0.2) is 6.10 Å². The Bertz CT molecular complexity index is 1110. The maximum absolute atomic E-state index is 13.5. The van der Waals surface area contributed by atoms with Gasteiger partial charge >= 0.3 is 0 Å². The number of halogens is 2. The summed E-state index contributed by atoms with van der Waals surface area (Å²) in [6, 6.07) is 17.2. The number of hydrogen-bond donors (Lipinski definition) is 0. The molecule has 0 radical (unpaired) electrons. The molecule has 3 heterocycles. The molecule has 30 heavy (non-hydrogen) atoms. The van der Waals surface area contributed by atoms with Gasteiger partial charge in [0.25, 0.3) is 5.91 Å². The Morgan fingerprint density at radius 3 is 2.17 bits per heavy atom. The van der Waals surface area contributed by atoms with Crippen molar-refractivity contribution in [2.24, 2.45) is 5.92 Å². The molecule has 2 amide bonds. The molecule has 1 aromatic heterocycles. The molecule has 2 aliphatic heterocycles. The summed E-state index contributed by atoms with van der Waals surface area (Å²) in [6.07, 6.45) is 2.36. The van der Waals surface area contributed by atoms with Gasteiger partial charge in [0.1, 0.15) is 5.92 Å². The van der Waals surface area contributed by atoms with Gasteiger partial charge in [-0.3, -0.25) is 19.4 Å². The van der Waals surface area contributed by atoms with Gasteiger partial charge < -0.3 is 0 Å². The van der Waals surface area contributed by atoms with Crippen LogP contribution in [0.4, 0.5) is 11.4 Å². The molecule has 0 N–H and O–H groups in total. The molecular formula is C22H15Cl2N3O3. The number of amides is 2. The predicted octanol–water partition coefficient (Wildman–Crippen LogP) is 4.44. The number of aromatic nitrogens is 1. The van der Waals surface area contributed by atoms with E-state index >= 15 is 0 Å². The first-order valence-corrected chi connectivity index (χ1v) is 10.0. The summed E-state index contributed by atoms with van der Waals surface area (Å²) in [4.78, 5) is 38.0. The maximum atomic E-state index is 13.5. The number of nitrogens with zero attached hydrogens (tertiary/aromatic N) is 3. The van der Waals surface area contributed by atoms with E-state index in [0.717, 1.165) is 16.2 Å². The van der Waals surface area contributed by atoms with E-state index in [-0.39, 0.29) is 5.91 Å². The predicted molar refractivity (Wildman–Crippen MR) is 113 cm³/mol. The molecule has 3 aromatic rings.